The lowest BCUT2D eigenvalue weighted by molar-refractivity contribution is 0.749. The first-order valence-corrected chi connectivity index (χ1v) is 5.91. The van der Waals surface area contributed by atoms with Gasteiger partial charge in [-0.25, -0.2) is 0 Å². The molecule has 0 saturated heterocycles. The molecule has 0 unspecified atom stereocenters. The Labute approximate surface area is 96.9 Å². The molecule has 2 atom stereocenters. The first kappa shape index (κ1) is 9.65. The summed E-state index contributed by atoms with van der Waals surface area (Å²) < 4.78 is 0. The van der Waals surface area contributed by atoms with Crippen LogP contribution in [0.1, 0.15) is 30.4 Å². The molecule has 0 bridgehead atoms. The summed E-state index contributed by atoms with van der Waals surface area (Å²) >= 11 is 0. The molecule has 1 saturated carbocycles. The molecule has 1 fully saturated rings. The molecule has 3 rings (SSSR count). The predicted molar refractivity (Wildman–Crippen MR) is 67.6 cm³/mol. The van der Waals surface area contributed by atoms with E-state index in [9.17, 15) is 0 Å². The largest absolute Gasteiger partial charge is 0.0622 e. The first-order chi connectivity index (χ1) is 7.81. The van der Waals surface area contributed by atoms with E-state index in [1.54, 1.807) is 0 Å². The quantitative estimate of drug-likeness (QED) is 0.696. The summed E-state index contributed by atoms with van der Waals surface area (Å²) in [6.07, 6.45) is 1.28. The Bertz CT molecular complexity index is 472. The summed E-state index contributed by atoms with van der Waals surface area (Å²) in [7, 11) is 0. The second-order valence-electron chi connectivity index (χ2n) is 4.95. The Hall–Kier alpha value is -1.56. The predicted octanol–water partition coefficient (Wildman–Crippen LogP) is 4.13. The van der Waals surface area contributed by atoms with Gasteiger partial charge in [-0.15, -0.1) is 0 Å². The van der Waals surface area contributed by atoms with Crippen LogP contribution in [-0.4, -0.2) is 0 Å². The molecule has 2 aromatic rings. The van der Waals surface area contributed by atoms with Crippen LogP contribution >= 0.6 is 0 Å². The van der Waals surface area contributed by atoms with Gasteiger partial charge in [-0.2, -0.15) is 0 Å². The molecule has 16 heavy (non-hydrogen) atoms. The molecule has 80 valence electrons. The molecule has 0 aromatic heterocycles. The first-order valence-electron chi connectivity index (χ1n) is 5.91. The molecule has 2 aromatic carbocycles. The van der Waals surface area contributed by atoms with Crippen LogP contribution in [0.25, 0.3) is 0 Å². The van der Waals surface area contributed by atoms with Crippen LogP contribution in [0.2, 0.25) is 0 Å². The van der Waals surface area contributed by atoms with Crippen molar-refractivity contribution in [3.8, 4) is 0 Å². The fourth-order valence-electron chi connectivity index (χ4n) is 2.67. The maximum Gasteiger partial charge on any atom is -0.0000207 e. The van der Waals surface area contributed by atoms with Gasteiger partial charge in [-0.05, 0) is 28.9 Å². The third-order valence-corrected chi connectivity index (χ3v) is 3.87. The SMILES string of the molecule is C[C@]1(c2ccccc2)C[C@H]1c1ccccc1. The minimum absolute atomic E-state index is 0.364. The van der Waals surface area contributed by atoms with Gasteiger partial charge in [0.25, 0.3) is 0 Å². The van der Waals surface area contributed by atoms with E-state index in [1.807, 2.05) is 0 Å². The summed E-state index contributed by atoms with van der Waals surface area (Å²) in [5, 5.41) is 0. The number of benzene rings is 2. The molecule has 0 amide bonds. The zero-order valence-electron chi connectivity index (χ0n) is 9.56. The Morgan fingerprint density at radius 1 is 0.875 bits per heavy atom. The molecule has 1 aliphatic carbocycles. The van der Waals surface area contributed by atoms with E-state index in [2.05, 4.69) is 67.6 Å². The van der Waals surface area contributed by atoms with E-state index in [0.717, 1.165) is 0 Å². The molecule has 0 aliphatic heterocycles. The second kappa shape index (κ2) is 3.48. The molecule has 1 aliphatic rings. The smallest absolute Gasteiger partial charge is 0.0000207 e. The van der Waals surface area contributed by atoms with E-state index in [4.69, 9.17) is 0 Å². The lowest BCUT2D eigenvalue weighted by atomic mass is 9.93. The van der Waals surface area contributed by atoms with Crippen molar-refractivity contribution in [1.82, 2.24) is 0 Å². The van der Waals surface area contributed by atoms with E-state index in [1.165, 1.54) is 17.5 Å². The highest BCUT2D eigenvalue weighted by Gasteiger charge is 2.51. The van der Waals surface area contributed by atoms with Gasteiger partial charge < -0.3 is 0 Å². The minimum Gasteiger partial charge on any atom is -0.0622 e. The van der Waals surface area contributed by atoms with Gasteiger partial charge in [0, 0.05) is 0 Å². The Kier molecular flexibility index (Phi) is 2.10. The Balaban J connectivity index is 1.90. The summed E-state index contributed by atoms with van der Waals surface area (Å²) in [5.41, 5.74) is 3.32. The number of hydrogen-bond acceptors (Lipinski definition) is 0. The van der Waals surface area contributed by atoms with Crippen molar-refractivity contribution in [2.75, 3.05) is 0 Å². The van der Waals surface area contributed by atoms with Gasteiger partial charge in [0.2, 0.25) is 0 Å². The van der Waals surface area contributed by atoms with Crippen molar-refractivity contribution in [1.29, 1.82) is 0 Å². The molecular formula is C16H16. The molecule has 0 N–H and O–H groups in total. The van der Waals surface area contributed by atoms with Crippen molar-refractivity contribution in [2.45, 2.75) is 24.7 Å². The van der Waals surface area contributed by atoms with Crippen LogP contribution < -0.4 is 0 Å². The highest BCUT2D eigenvalue weighted by molar-refractivity contribution is 5.41. The summed E-state index contributed by atoms with van der Waals surface area (Å²) in [5.74, 6) is 0.705. The van der Waals surface area contributed by atoms with E-state index < -0.39 is 0 Å². The van der Waals surface area contributed by atoms with E-state index >= 15 is 0 Å². The molecule has 0 heterocycles. The standard InChI is InChI=1S/C16H16/c1-16(14-10-6-3-7-11-14)12-15(16)13-8-4-2-5-9-13/h2-11,15H,12H2,1H3/t15-,16+/m0/s1. The zero-order chi connectivity index (χ0) is 11.0. The van der Waals surface area contributed by atoms with Crippen molar-refractivity contribution in [3.63, 3.8) is 0 Å². The van der Waals surface area contributed by atoms with Crippen molar-refractivity contribution < 1.29 is 0 Å². The van der Waals surface area contributed by atoms with E-state index in [-0.39, 0.29) is 0 Å². The van der Waals surface area contributed by atoms with Crippen LogP contribution in [0.4, 0.5) is 0 Å². The van der Waals surface area contributed by atoms with Crippen LogP contribution in [0.5, 0.6) is 0 Å². The molecule has 0 heteroatoms. The topological polar surface area (TPSA) is 0 Å². The third kappa shape index (κ3) is 1.46. The number of hydrogen-bond donors (Lipinski definition) is 0. The third-order valence-electron chi connectivity index (χ3n) is 3.87. The molecule has 0 nitrogen and oxygen atoms in total. The van der Waals surface area contributed by atoms with Crippen LogP contribution in [0.3, 0.4) is 0 Å². The fraction of sp³-hybridized carbons (Fsp3) is 0.250. The highest BCUT2D eigenvalue weighted by Crippen LogP contribution is 2.59. The minimum atomic E-state index is 0.364. The molecule has 0 radical (unpaired) electrons. The van der Waals surface area contributed by atoms with Gasteiger partial charge in [0.15, 0.2) is 0 Å². The average molecular weight is 208 g/mol. The fourth-order valence-corrected chi connectivity index (χ4v) is 2.67. The van der Waals surface area contributed by atoms with Crippen LogP contribution in [-0.2, 0) is 5.41 Å². The summed E-state index contributed by atoms with van der Waals surface area (Å²) in [6.45, 7) is 2.38. The van der Waals surface area contributed by atoms with Crippen LogP contribution in [0, 0.1) is 0 Å². The Morgan fingerprint density at radius 3 is 2.06 bits per heavy atom. The van der Waals surface area contributed by atoms with Gasteiger partial charge >= 0.3 is 0 Å². The second-order valence-corrected chi connectivity index (χ2v) is 4.95. The molecule has 0 spiro atoms. The van der Waals surface area contributed by atoms with Gasteiger partial charge in [0.1, 0.15) is 0 Å². The average Bonchev–Trinajstić information content (AvgIpc) is 3.06. The maximum atomic E-state index is 2.38. The normalized spacial score (nSPS) is 27.7. The zero-order valence-corrected chi connectivity index (χ0v) is 9.56. The highest BCUT2D eigenvalue weighted by atomic mass is 14.5. The monoisotopic (exact) mass is 208 g/mol. The lowest BCUT2D eigenvalue weighted by Gasteiger charge is -2.11. The van der Waals surface area contributed by atoms with Crippen LogP contribution in [0.15, 0.2) is 60.7 Å². The number of rotatable bonds is 2. The maximum absolute atomic E-state index is 2.38. The van der Waals surface area contributed by atoms with Crippen molar-refractivity contribution in [2.24, 2.45) is 0 Å². The van der Waals surface area contributed by atoms with E-state index in [0.29, 0.717) is 11.3 Å². The van der Waals surface area contributed by atoms with Crippen molar-refractivity contribution >= 4 is 0 Å². The van der Waals surface area contributed by atoms with Gasteiger partial charge in [0.05, 0.1) is 0 Å². The summed E-state index contributed by atoms with van der Waals surface area (Å²) in [4.78, 5) is 0. The van der Waals surface area contributed by atoms with Gasteiger partial charge in [-0.1, -0.05) is 67.6 Å². The summed E-state index contributed by atoms with van der Waals surface area (Å²) in [6, 6.07) is 21.7. The van der Waals surface area contributed by atoms with Gasteiger partial charge in [-0.3, -0.25) is 0 Å². The van der Waals surface area contributed by atoms with Crippen molar-refractivity contribution in [3.05, 3.63) is 71.8 Å². The lowest BCUT2D eigenvalue weighted by Crippen LogP contribution is -2.03. The molecular weight excluding hydrogens is 192 g/mol. The Morgan fingerprint density at radius 2 is 1.44 bits per heavy atom.